The predicted octanol–water partition coefficient (Wildman–Crippen LogP) is 3.82. The van der Waals surface area contributed by atoms with Gasteiger partial charge in [-0.1, -0.05) is 18.2 Å². The van der Waals surface area contributed by atoms with Crippen LogP contribution in [0.3, 0.4) is 0 Å². The molecular formula is C19H28N4O. The Kier molecular flexibility index (Phi) is 4.60. The first-order valence-electron chi connectivity index (χ1n) is 8.62. The minimum Gasteiger partial charge on any atom is -0.342 e. The summed E-state index contributed by atoms with van der Waals surface area (Å²) in [4.78, 5) is 13.7. The first-order chi connectivity index (χ1) is 11.5. The Morgan fingerprint density at radius 3 is 2.92 bits per heavy atom. The fraction of sp³-hybridized carbons (Fsp3) is 0.474. The molecule has 5 nitrogen and oxygen atoms in total. The van der Waals surface area contributed by atoms with Gasteiger partial charge in [0.25, 0.3) is 0 Å². The van der Waals surface area contributed by atoms with E-state index in [-0.39, 0.29) is 7.33 Å². The fourth-order valence-corrected chi connectivity index (χ4v) is 3.28. The average Bonchev–Trinajstić information content (AvgIpc) is 2.76. The molecule has 2 heterocycles. The topological polar surface area (TPSA) is 50.2 Å². The van der Waals surface area contributed by atoms with Gasteiger partial charge in [0.15, 0.2) is 5.82 Å². The molecule has 0 aromatic carbocycles. The van der Waals surface area contributed by atoms with Crippen LogP contribution in [0.1, 0.15) is 52.8 Å². The van der Waals surface area contributed by atoms with E-state index in [1.54, 1.807) is 6.92 Å². The summed E-state index contributed by atoms with van der Waals surface area (Å²) in [6.07, 6.45) is 10.2. The molecule has 0 unspecified atom stereocenters. The Bertz CT molecular complexity index is 743. The van der Waals surface area contributed by atoms with Crippen molar-refractivity contribution in [2.45, 2.75) is 53.1 Å². The average molecular weight is 328 g/mol. The zero-order valence-corrected chi connectivity index (χ0v) is 15.0. The van der Waals surface area contributed by atoms with Crippen molar-refractivity contribution in [3.8, 4) is 0 Å². The molecule has 0 radical (unpaired) electrons. The van der Waals surface area contributed by atoms with Gasteiger partial charge in [-0.2, -0.15) is 5.10 Å². The Hall–Kier alpha value is -2.30. The van der Waals surface area contributed by atoms with E-state index in [2.05, 4.69) is 55.1 Å². The molecule has 0 spiro atoms. The Balaban J connectivity index is 0.00000225. The lowest BCUT2D eigenvalue weighted by atomic mass is 10.1. The van der Waals surface area contributed by atoms with Crippen molar-refractivity contribution in [1.82, 2.24) is 14.7 Å². The van der Waals surface area contributed by atoms with Gasteiger partial charge in [-0.15, -0.1) is 0 Å². The monoisotopic (exact) mass is 328 g/mol. The van der Waals surface area contributed by atoms with Crippen LogP contribution in [-0.2, 0) is 17.8 Å². The van der Waals surface area contributed by atoms with Gasteiger partial charge in [0.2, 0.25) is 5.91 Å². The van der Waals surface area contributed by atoms with Crippen molar-refractivity contribution in [1.29, 1.82) is 0 Å². The van der Waals surface area contributed by atoms with E-state index in [9.17, 15) is 4.79 Å². The van der Waals surface area contributed by atoms with Gasteiger partial charge in [-0.25, -0.2) is 0 Å². The number of rotatable bonds is 3. The summed E-state index contributed by atoms with van der Waals surface area (Å²) in [6.45, 7) is 9.43. The largest absolute Gasteiger partial charge is 0.342 e. The van der Waals surface area contributed by atoms with Crippen LogP contribution in [0.15, 0.2) is 35.6 Å². The molecule has 1 aliphatic carbocycles. The summed E-state index contributed by atoms with van der Waals surface area (Å²) in [6, 6.07) is 0.308. The summed E-state index contributed by atoms with van der Waals surface area (Å²) in [5.41, 5.74) is 4.75. The van der Waals surface area contributed by atoms with Crippen molar-refractivity contribution in [3.05, 3.63) is 46.8 Å². The molecule has 1 aromatic heterocycles. The van der Waals surface area contributed by atoms with Gasteiger partial charge in [0, 0.05) is 50.7 Å². The summed E-state index contributed by atoms with van der Waals surface area (Å²) >= 11 is 0. The normalized spacial score (nSPS) is 17.3. The van der Waals surface area contributed by atoms with Crippen molar-refractivity contribution in [2.24, 2.45) is 0 Å². The number of fused-ring (bicyclic) bond motifs is 1. The third kappa shape index (κ3) is 3.30. The molecule has 1 N–H and O–H groups in total. The van der Waals surface area contributed by atoms with Gasteiger partial charge in [0.1, 0.15) is 0 Å². The molecule has 0 saturated carbocycles. The molecular weight excluding hydrogens is 300 g/mol. The third-order valence-corrected chi connectivity index (χ3v) is 4.53. The van der Waals surface area contributed by atoms with Crippen LogP contribution in [0.25, 0.3) is 0 Å². The van der Waals surface area contributed by atoms with Crippen molar-refractivity contribution >= 4 is 11.7 Å². The van der Waals surface area contributed by atoms with Crippen LogP contribution in [0.2, 0.25) is 0 Å². The predicted molar refractivity (Wildman–Crippen MR) is 98.7 cm³/mol. The number of carbonyl (C=O) groups is 1. The van der Waals surface area contributed by atoms with Crippen LogP contribution in [0, 0.1) is 0 Å². The van der Waals surface area contributed by atoms with Gasteiger partial charge in [0.05, 0.1) is 6.54 Å². The van der Waals surface area contributed by atoms with Gasteiger partial charge in [-0.3, -0.25) is 9.48 Å². The zero-order valence-electron chi connectivity index (χ0n) is 15.0. The molecule has 130 valence electrons. The number of nitrogens with one attached hydrogen (secondary N) is 1. The standard InChI is InChI=1S/C19H26N4O.H2/c1-13(2)23-18-9-10-22(15(4)24)12-17(18)19(21-23)20-16-8-6-5-7-14(3)11-16;/h5-7,11,13H,8-10,12H2,1-4H3,(H,20,21);1H. The van der Waals surface area contributed by atoms with E-state index in [1.165, 1.54) is 11.3 Å². The number of anilines is 1. The molecule has 3 rings (SSSR count). The van der Waals surface area contributed by atoms with E-state index in [1.807, 2.05) is 4.90 Å². The number of nitrogens with zero attached hydrogens (tertiary/aromatic N) is 3. The van der Waals surface area contributed by atoms with E-state index in [0.717, 1.165) is 36.5 Å². The first kappa shape index (κ1) is 16.6. The molecule has 0 saturated heterocycles. The number of allylic oxidation sites excluding steroid dienone is 5. The molecule has 2 aliphatic rings. The fourth-order valence-electron chi connectivity index (χ4n) is 3.28. The van der Waals surface area contributed by atoms with E-state index in [0.29, 0.717) is 12.6 Å². The van der Waals surface area contributed by atoms with Crippen molar-refractivity contribution < 1.29 is 6.22 Å². The lowest BCUT2D eigenvalue weighted by molar-refractivity contribution is -0.129. The van der Waals surface area contributed by atoms with E-state index < -0.39 is 0 Å². The van der Waals surface area contributed by atoms with Crippen LogP contribution in [0.4, 0.5) is 5.82 Å². The van der Waals surface area contributed by atoms with Crippen LogP contribution >= 0.6 is 0 Å². The second kappa shape index (κ2) is 6.67. The third-order valence-electron chi connectivity index (χ3n) is 4.53. The van der Waals surface area contributed by atoms with Crippen LogP contribution in [-0.4, -0.2) is 27.1 Å². The lowest BCUT2D eigenvalue weighted by Gasteiger charge is -2.27. The van der Waals surface area contributed by atoms with Gasteiger partial charge < -0.3 is 10.2 Å². The summed E-state index contributed by atoms with van der Waals surface area (Å²) in [5, 5.41) is 8.33. The number of carbonyl (C=O) groups excluding carboxylic acids is 1. The smallest absolute Gasteiger partial charge is 0.219 e. The molecule has 0 bridgehead atoms. The highest BCUT2D eigenvalue weighted by Gasteiger charge is 2.27. The van der Waals surface area contributed by atoms with Gasteiger partial charge in [-0.05, 0) is 32.4 Å². The Labute approximate surface area is 145 Å². The summed E-state index contributed by atoms with van der Waals surface area (Å²) in [5.74, 6) is 1.01. The second-order valence-electron chi connectivity index (χ2n) is 6.84. The van der Waals surface area contributed by atoms with Crippen LogP contribution < -0.4 is 5.32 Å². The highest BCUT2D eigenvalue weighted by atomic mass is 16.2. The summed E-state index contributed by atoms with van der Waals surface area (Å²) < 4.78 is 2.10. The number of hydrogen-bond acceptors (Lipinski definition) is 3. The summed E-state index contributed by atoms with van der Waals surface area (Å²) in [7, 11) is 0. The Morgan fingerprint density at radius 1 is 1.42 bits per heavy atom. The molecule has 0 atom stereocenters. The maximum Gasteiger partial charge on any atom is 0.219 e. The number of aromatic nitrogens is 2. The second-order valence-corrected chi connectivity index (χ2v) is 6.84. The minimum absolute atomic E-state index is 0. The van der Waals surface area contributed by atoms with Crippen molar-refractivity contribution in [2.75, 3.05) is 11.9 Å². The molecule has 1 amide bonds. The zero-order chi connectivity index (χ0) is 17.3. The molecule has 5 heteroatoms. The maximum atomic E-state index is 11.8. The molecule has 24 heavy (non-hydrogen) atoms. The molecule has 0 fully saturated rings. The SMILES string of the molecule is CC(=O)N1CCc2c(c(NC3=CC(C)=CC=CC3)nn2C(C)C)C1.[HH]. The van der Waals surface area contributed by atoms with Crippen molar-refractivity contribution in [3.63, 3.8) is 0 Å². The molecule has 1 aliphatic heterocycles. The van der Waals surface area contributed by atoms with E-state index in [4.69, 9.17) is 5.10 Å². The highest BCUT2D eigenvalue weighted by Crippen LogP contribution is 2.30. The quantitative estimate of drug-likeness (QED) is 0.918. The highest BCUT2D eigenvalue weighted by molar-refractivity contribution is 5.74. The maximum absolute atomic E-state index is 11.8. The first-order valence-corrected chi connectivity index (χ1v) is 8.62. The van der Waals surface area contributed by atoms with E-state index >= 15 is 0 Å². The minimum atomic E-state index is 0. The van der Waals surface area contributed by atoms with Gasteiger partial charge >= 0.3 is 0 Å². The number of amides is 1. The number of hydrogen-bond donors (Lipinski definition) is 1. The lowest BCUT2D eigenvalue weighted by Crippen LogP contribution is -2.35. The molecule has 1 aromatic rings. The van der Waals surface area contributed by atoms with Crippen LogP contribution in [0.5, 0.6) is 0 Å². The Morgan fingerprint density at radius 2 is 2.21 bits per heavy atom.